The Kier molecular flexibility index (Phi) is 7.14. The first-order valence-electron chi connectivity index (χ1n) is 11.2. The first-order chi connectivity index (χ1) is 16.0. The summed E-state index contributed by atoms with van der Waals surface area (Å²) in [5.41, 5.74) is 3.16. The van der Waals surface area contributed by atoms with Crippen molar-refractivity contribution in [3.8, 4) is 0 Å². The van der Waals surface area contributed by atoms with Crippen molar-refractivity contribution in [2.75, 3.05) is 26.3 Å². The number of morpholine rings is 1. The van der Waals surface area contributed by atoms with Gasteiger partial charge in [-0.15, -0.1) is 0 Å². The van der Waals surface area contributed by atoms with Crippen molar-refractivity contribution in [2.24, 2.45) is 0 Å². The lowest BCUT2D eigenvalue weighted by atomic mass is 10.1. The molecule has 8 nitrogen and oxygen atoms in total. The van der Waals surface area contributed by atoms with E-state index in [0.717, 1.165) is 11.1 Å². The summed E-state index contributed by atoms with van der Waals surface area (Å²) in [6.07, 6.45) is 2.40. The fraction of sp³-hybridized carbons (Fsp3) is 0.360. The number of amides is 2. The maximum Gasteiger partial charge on any atom is 0.261 e. The van der Waals surface area contributed by atoms with Crippen molar-refractivity contribution >= 4 is 22.7 Å². The van der Waals surface area contributed by atoms with Crippen molar-refractivity contribution in [1.82, 2.24) is 19.8 Å². The van der Waals surface area contributed by atoms with Gasteiger partial charge in [0.2, 0.25) is 5.91 Å². The molecular formula is C25H28N4O4. The quantitative estimate of drug-likeness (QED) is 0.599. The molecule has 3 aromatic rings. The molecule has 1 aliphatic rings. The van der Waals surface area contributed by atoms with Crippen molar-refractivity contribution in [2.45, 2.75) is 32.9 Å². The zero-order valence-corrected chi connectivity index (χ0v) is 18.8. The molecule has 8 heteroatoms. The highest BCUT2D eigenvalue weighted by molar-refractivity contribution is 5.94. The molecule has 1 fully saturated rings. The lowest BCUT2D eigenvalue weighted by molar-refractivity contribution is -0.121. The Morgan fingerprint density at radius 1 is 1.09 bits per heavy atom. The summed E-state index contributed by atoms with van der Waals surface area (Å²) in [6, 6.07) is 12.9. The highest BCUT2D eigenvalue weighted by Gasteiger charge is 2.18. The van der Waals surface area contributed by atoms with E-state index in [1.165, 1.54) is 0 Å². The van der Waals surface area contributed by atoms with E-state index in [0.29, 0.717) is 68.7 Å². The SMILES string of the molecule is Cc1cccc2c(=O)n(CCCC(=O)NCc3ccc(C(=O)N4CCOCC4)cc3)cnc12. The smallest absolute Gasteiger partial charge is 0.261 e. The fourth-order valence-corrected chi connectivity index (χ4v) is 3.91. The third kappa shape index (κ3) is 5.46. The first kappa shape index (κ1) is 22.7. The lowest BCUT2D eigenvalue weighted by Crippen LogP contribution is -2.40. The number of nitrogens with zero attached hydrogens (tertiary/aromatic N) is 3. The molecule has 0 radical (unpaired) electrons. The van der Waals surface area contributed by atoms with Gasteiger partial charge in [-0.2, -0.15) is 0 Å². The molecule has 0 unspecified atom stereocenters. The highest BCUT2D eigenvalue weighted by Crippen LogP contribution is 2.12. The number of para-hydroxylation sites is 1. The van der Waals surface area contributed by atoms with Gasteiger partial charge in [-0.25, -0.2) is 4.98 Å². The molecule has 2 aromatic carbocycles. The van der Waals surface area contributed by atoms with E-state index in [-0.39, 0.29) is 17.4 Å². The summed E-state index contributed by atoms with van der Waals surface area (Å²) in [5.74, 6) is -0.0800. The Balaban J connectivity index is 1.24. The van der Waals surface area contributed by atoms with Crippen LogP contribution in [0.15, 0.2) is 53.6 Å². The van der Waals surface area contributed by atoms with E-state index < -0.39 is 0 Å². The summed E-state index contributed by atoms with van der Waals surface area (Å²) in [7, 11) is 0. The van der Waals surface area contributed by atoms with Crippen LogP contribution in [0.4, 0.5) is 0 Å². The van der Waals surface area contributed by atoms with Gasteiger partial charge < -0.3 is 15.0 Å². The van der Waals surface area contributed by atoms with Crippen LogP contribution in [0, 0.1) is 6.92 Å². The second kappa shape index (κ2) is 10.4. The molecule has 2 amide bonds. The van der Waals surface area contributed by atoms with Crippen LogP contribution >= 0.6 is 0 Å². The van der Waals surface area contributed by atoms with Crippen LogP contribution in [0.1, 0.15) is 34.3 Å². The molecule has 1 saturated heterocycles. The third-order valence-corrected chi connectivity index (χ3v) is 5.85. The Hall–Kier alpha value is -3.52. The van der Waals surface area contributed by atoms with Gasteiger partial charge in [0.25, 0.3) is 11.5 Å². The number of hydrogen-bond acceptors (Lipinski definition) is 5. The maximum absolute atomic E-state index is 12.6. The molecule has 1 N–H and O–H groups in total. The summed E-state index contributed by atoms with van der Waals surface area (Å²) in [6.45, 7) is 5.11. The molecule has 4 rings (SSSR count). The molecule has 172 valence electrons. The Morgan fingerprint density at radius 3 is 2.61 bits per heavy atom. The molecule has 0 spiro atoms. The third-order valence-electron chi connectivity index (χ3n) is 5.85. The first-order valence-corrected chi connectivity index (χ1v) is 11.2. The van der Waals surface area contributed by atoms with E-state index in [9.17, 15) is 14.4 Å². The van der Waals surface area contributed by atoms with Gasteiger partial charge in [-0.05, 0) is 42.7 Å². The van der Waals surface area contributed by atoms with Gasteiger partial charge in [0.1, 0.15) is 0 Å². The molecule has 0 atom stereocenters. The van der Waals surface area contributed by atoms with Crippen LogP contribution in [-0.4, -0.2) is 52.6 Å². The zero-order valence-electron chi connectivity index (χ0n) is 18.8. The van der Waals surface area contributed by atoms with Crippen LogP contribution in [0.25, 0.3) is 10.9 Å². The van der Waals surface area contributed by atoms with E-state index in [1.807, 2.05) is 31.2 Å². The molecule has 0 aliphatic carbocycles. The number of carbonyl (C=O) groups is 2. The van der Waals surface area contributed by atoms with E-state index >= 15 is 0 Å². The van der Waals surface area contributed by atoms with E-state index in [1.54, 1.807) is 34.0 Å². The van der Waals surface area contributed by atoms with Crippen LogP contribution in [0.2, 0.25) is 0 Å². The van der Waals surface area contributed by atoms with Crippen LogP contribution in [-0.2, 0) is 22.6 Å². The molecule has 33 heavy (non-hydrogen) atoms. The lowest BCUT2D eigenvalue weighted by Gasteiger charge is -2.26. The Morgan fingerprint density at radius 2 is 1.85 bits per heavy atom. The van der Waals surface area contributed by atoms with Crippen molar-refractivity contribution in [3.05, 3.63) is 75.8 Å². The average molecular weight is 449 g/mol. The number of hydrogen-bond donors (Lipinski definition) is 1. The van der Waals surface area contributed by atoms with Crippen LogP contribution < -0.4 is 10.9 Å². The van der Waals surface area contributed by atoms with E-state index in [4.69, 9.17) is 4.74 Å². The number of aromatic nitrogens is 2. The van der Waals surface area contributed by atoms with Crippen LogP contribution in [0.5, 0.6) is 0 Å². The number of ether oxygens (including phenoxy) is 1. The standard InChI is InChI=1S/C25H28N4O4/c1-18-4-2-5-21-23(18)27-17-29(25(21)32)11-3-6-22(30)26-16-19-7-9-20(10-8-19)24(31)28-12-14-33-15-13-28/h2,4-5,7-10,17H,3,6,11-16H2,1H3,(H,26,30). The molecule has 0 saturated carbocycles. The molecule has 1 aliphatic heterocycles. The van der Waals surface area contributed by atoms with Gasteiger partial charge in [0, 0.05) is 38.2 Å². The molecular weight excluding hydrogens is 420 g/mol. The van der Waals surface area contributed by atoms with E-state index in [2.05, 4.69) is 10.3 Å². The summed E-state index contributed by atoms with van der Waals surface area (Å²) in [4.78, 5) is 43.6. The normalized spacial score (nSPS) is 13.8. The minimum Gasteiger partial charge on any atom is -0.378 e. The number of aryl methyl sites for hydroxylation is 2. The van der Waals surface area contributed by atoms with Crippen molar-refractivity contribution in [1.29, 1.82) is 0 Å². The second-order valence-electron chi connectivity index (χ2n) is 8.20. The zero-order chi connectivity index (χ0) is 23.2. The predicted molar refractivity (Wildman–Crippen MR) is 125 cm³/mol. The largest absolute Gasteiger partial charge is 0.378 e. The summed E-state index contributed by atoms with van der Waals surface area (Å²) < 4.78 is 6.84. The van der Waals surface area contributed by atoms with Gasteiger partial charge in [0.15, 0.2) is 0 Å². The Labute approximate surface area is 192 Å². The van der Waals surface area contributed by atoms with Crippen LogP contribution in [0.3, 0.4) is 0 Å². The van der Waals surface area contributed by atoms with Gasteiger partial charge in [-0.3, -0.25) is 19.0 Å². The fourth-order valence-electron chi connectivity index (χ4n) is 3.91. The van der Waals surface area contributed by atoms with Crippen molar-refractivity contribution in [3.63, 3.8) is 0 Å². The van der Waals surface area contributed by atoms with Gasteiger partial charge in [-0.1, -0.05) is 24.3 Å². The molecule has 0 bridgehead atoms. The number of nitrogens with one attached hydrogen (secondary N) is 1. The number of fused-ring (bicyclic) bond motifs is 1. The summed E-state index contributed by atoms with van der Waals surface area (Å²) >= 11 is 0. The predicted octanol–water partition coefficient (Wildman–Crippen LogP) is 2.27. The summed E-state index contributed by atoms with van der Waals surface area (Å²) in [5, 5.41) is 3.49. The van der Waals surface area contributed by atoms with Gasteiger partial charge in [0.05, 0.1) is 30.4 Å². The minimum absolute atomic E-state index is 0.00229. The molecule has 2 heterocycles. The maximum atomic E-state index is 12.6. The molecule has 1 aromatic heterocycles. The Bertz CT molecular complexity index is 1200. The topological polar surface area (TPSA) is 93.5 Å². The number of benzene rings is 2. The second-order valence-corrected chi connectivity index (χ2v) is 8.20. The van der Waals surface area contributed by atoms with Crippen molar-refractivity contribution < 1.29 is 14.3 Å². The minimum atomic E-state index is -0.0872. The monoisotopic (exact) mass is 448 g/mol. The number of rotatable bonds is 7. The average Bonchev–Trinajstić information content (AvgIpc) is 2.85. The highest BCUT2D eigenvalue weighted by atomic mass is 16.5. The van der Waals surface area contributed by atoms with Gasteiger partial charge >= 0.3 is 0 Å². The number of carbonyl (C=O) groups excluding carboxylic acids is 2.